The van der Waals surface area contributed by atoms with Gasteiger partial charge in [0.1, 0.15) is 11.6 Å². The van der Waals surface area contributed by atoms with Crippen molar-refractivity contribution in [1.82, 2.24) is 4.90 Å². The molecule has 3 N–H and O–H groups in total. The van der Waals surface area contributed by atoms with Crippen LogP contribution in [-0.2, 0) is 6.54 Å². The molecule has 0 radical (unpaired) electrons. The lowest BCUT2D eigenvalue weighted by Gasteiger charge is -2.38. The van der Waals surface area contributed by atoms with Crippen LogP contribution in [0.1, 0.15) is 37.8 Å². The lowest BCUT2D eigenvalue weighted by Crippen LogP contribution is -2.39. The van der Waals surface area contributed by atoms with Crippen molar-refractivity contribution in [3.05, 3.63) is 29.3 Å². The first-order valence-electron chi connectivity index (χ1n) is 7.15. The summed E-state index contributed by atoms with van der Waals surface area (Å²) >= 11 is 0. The summed E-state index contributed by atoms with van der Waals surface area (Å²) in [6, 6.07) is 5.72. The van der Waals surface area contributed by atoms with Crippen LogP contribution in [-0.4, -0.2) is 30.9 Å². The van der Waals surface area contributed by atoms with E-state index in [0.717, 1.165) is 36.5 Å². The van der Waals surface area contributed by atoms with E-state index in [9.17, 15) is 0 Å². The van der Waals surface area contributed by atoms with Gasteiger partial charge in [0.15, 0.2) is 0 Å². The number of benzene rings is 1. The highest BCUT2D eigenvalue weighted by atomic mass is 16.5. The maximum atomic E-state index is 7.57. The van der Waals surface area contributed by atoms with Gasteiger partial charge in [-0.15, -0.1) is 0 Å². The highest BCUT2D eigenvalue weighted by Gasteiger charge is 2.26. The van der Waals surface area contributed by atoms with Crippen molar-refractivity contribution in [3.8, 4) is 5.75 Å². The van der Waals surface area contributed by atoms with Gasteiger partial charge in [-0.25, -0.2) is 0 Å². The Hall–Kier alpha value is -1.55. The molecule has 4 nitrogen and oxygen atoms in total. The summed E-state index contributed by atoms with van der Waals surface area (Å²) in [5, 5.41) is 7.57. The summed E-state index contributed by atoms with van der Waals surface area (Å²) < 4.78 is 5.44. The number of hydrogen-bond donors (Lipinski definition) is 2. The smallest absolute Gasteiger partial charge is 0.123 e. The summed E-state index contributed by atoms with van der Waals surface area (Å²) in [7, 11) is 1.69. The predicted molar refractivity (Wildman–Crippen MR) is 82.3 cm³/mol. The number of nitrogens with two attached hydrogens (primary N) is 1. The number of nitrogens with zero attached hydrogens (tertiary/aromatic N) is 1. The molecule has 0 saturated carbocycles. The fourth-order valence-corrected chi connectivity index (χ4v) is 2.99. The van der Waals surface area contributed by atoms with E-state index in [2.05, 4.69) is 18.7 Å². The van der Waals surface area contributed by atoms with Crippen LogP contribution in [0.25, 0.3) is 0 Å². The molecule has 1 aromatic rings. The van der Waals surface area contributed by atoms with Gasteiger partial charge in [-0.2, -0.15) is 0 Å². The van der Waals surface area contributed by atoms with Crippen molar-refractivity contribution >= 4 is 5.84 Å². The first-order chi connectivity index (χ1) is 9.41. The molecule has 0 atom stereocenters. The van der Waals surface area contributed by atoms with Gasteiger partial charge in [0.2, 0.25) is 0 Å². The minimum atomic E-state index is 0.105. The third-order valence-electron chi connectivity index (χ3n) is 3.96. The number of hydrogen-bond acceptors (Lipinski definition) is 3. The molecule has 0 bridgehead atoms. The first kappa shape index (κ1) is 14.9. The average Bonchev–Trinajstić information content (AvgIpc) is 2.37. The second-order valence-electron chi connectivity index (χ2n) is 6.42. The fourth-order valence-electron chi connectivity index (χ4n) is 2.99. The monoisotopic (exact) mass is 275 g/mol. The van der Waals surface area contributed by atoms with E-state index >= 15 is 0 Å². The van der Waals surface area contributed by atoms with Crippen molar-refractivity contribution < 1.29 is 4.74 Å². The van der Waals surface area contributed by atoms with Crippen LogP contribution in [0.4, 0.5) is 0 Å². The van der Waals surface area contributed by atoms with Crippen molar-refractivity contribution in [2.45, 2.75) is 33.2 Å². The Kier molecular flexibility index (Phi) is 4.33. The van der Waals surface area contributed by atoms with Gasteiger partial charge in [-0.1, -0.05) is 13.8 Å². The molecule has 110 valence electrons. The number of amidine groups is 1. The van der Waals surface area contributed by atoms with E-state index in [4.69, 9.17) is 15.9 Å². The number of likely N-dealkylation sites (tertiary alicyclic amines) is 1. The van der Waals surface area contributed by atoms with Gasteiger partial charge in [-0.05, 0) is 43.0 Å². The summed E-state index contributed by atoms with van der Waals surface area (Å²) in [6.07, 6.45) is 2.52. The van der Waals surface area contributed by atoms with E-state index in [0.29, 0.717) is 5.41 Å². The van der Waals surface area contributed by atoms with Gasteiger partial charge in [0.05, 0.1) is 7.11 Å². The van der Waals surface area contributed by atoms with E-state index in [-0.39, 0.29) is 5.84 Å². The second kappa shape index (κ2) is 5.83. The highest BCUT2D eigenvalue weighted by Crippen LogP contribution is 2.30. The maximum Gasteiger partial charge on any atom is 0.123 e. The largest absolute Gasteiger partial charge is 0.496 e. The summed E-state index contributed by atoms with van der Waals surface area (Å²) in [6.45, 7) is 7.72. The van der Waals surface area contributed by atoms with Crippen LogP contribution in [0.2, 0.25) is 0 Å². The van der Waals surface area contributed by atoms with E-state index in [1.165, 1.54) is 12.8 Å². The Balaban J connectivity index is 2.18. The van der Waals surface area contributed by atoms with Crippen LogP contribution in [0.3, 0.4) is 0 Å². The van der Waals surface area contributed by atoms with Crippen molar-refractivity contribution in [2.75, 3.05) is 20.2 Å². The maximum absolute atomic E-state index is 7.57. The average molecular weight is 275 g/mol. The van der Waals surface area contributed by atoms with Crippen LogP contribution in [0.15, 0.2) is 18.2 Å². The zero-order valence-corrected chi connectivity index (χ0v) is 12.7. The molecule has 1 aliphatic rings. The van der Waals surface area contributed by atoms with E-state index in [1.807, 2.05) is 18.2 Å². The van der Waals surface area contributed by atoms with Gasteiger partial charge in [0.25, 0.3) is 0 Å². The van der Waals surface area contributed by atoms with Gasteiger partial charge < -0.3 is 10.5 Å². The molecule has 0 amide bonds. The molecule has 4 heteroatoms. The molecule has 1 aromatic carbocycles. The molecule has 1 heterocycles. The van der Waals surface area contributed by atoms with Gasteiger partial charge in [-0.3, -0.25) is 10.3 Å². The van der Waals surface area contributed by atoms with Gasteiger partial charge in [0, 0.05) is 24.2 Å². The van der Waals surface area contributed by atoms with Crippen LogP contribution < -0.4 is 10.5 Å². The molecule has 0 spiro atoms. The molecule has 20 heavy (non-hydrogen) atoms. The SMILES string of the molecule is COc1ccc(C(=N)N)cc1CN1CCCC(C)(C)C1. The first-order valence-corrected chi connectivity index (χ1v) is 7.15. The molecule has 1 saturated heterocycles. The Morgan fingerprint density at radius 1 is 1.45 bits per heavy atom. The molecule has 0 aliphatic carbocycles. The molecular weight excluding hydrogens is 250 g/mol. The van der Waals surface area contributed by atoms with Gasteiger partial charge >= 0.3 is 0 Å². The van der Waals surface area contributed by atoms with Crippen molar-refractivity contribution in [1.29, 1.82) is 5.41 Å². The van der Waals surface area contributed by atoms with E-state index < -0.39 is 0 Å². The number of ether oxygens (including phenoxy) is 1. The number of nitrogens with one attached hydrogen (secondary N) is 1. The normalized spacial score (nSPS) is 18.8. The zero-order valence-electron chi connectivity index (χ0n) is 12.7. The third-order valence-corrected chi connectivity index (χ3v) is 3.96. The second-order valence-corrected chi connectivity index (χ2v) is 6.42. The molecule has 0 unspecified atom stereocenters. The Morgan fingerprint density at radius 2 is 2.20 bits per heavy atom. The molecule has 0 aromatic heterocycles. The van der Waals surface area contributed by atoms with Crippen molar-refractivity contribution in [3.63, 3.8) is 0 Å². The molecular formula is C16H25N3O. The molecule has 1 fully saturated rings. The number of nitrogen functional groups attached to an aromatic ring is 1. The minimum absolute atomic E-state index is 0.105. The third kappa shape index (κ3) is 3.51. The lowest BCUT2D eigenvalue weighted by molar-refractivity contribution is 0.111. The molecule has 2 rings (SSSR count). The highest BCUT2D eigenvalue weighted by molar-refractivity contribution is 5.95. The quantitative estimate of drug-likeness (QED) is 0.656. The number of methoxy groups -OCH3 is 1. The number of rotatable bonds is 4. The van der Waals surface area contributed by atoms with Crippen molar-refractivity contribution in [2.24, 2.45) is 11.1 Å². The summed E-state index contributed by atoms with van der Waals surface area (Å²) in [5.74, 6) is 0.978. The molecule has 1 aliphatic heterocycles. The van der Waals surface area contributed by atoms with Crippen LogP contribution in [0.5, 0.6) is 5.75 Å². The van der Waals surface area contributed by atoms with Crippen LogP contribution in [0, 0.1) is 10.8 Å². The number of piperidine rings is 1. The lowest BCUT2D eigenvalue weighted by atomic mass is 9.84. The Labute approximate surface area is 121 Å². The zero-order chi connectivity index (χ0) is 14.8. The Morgan fingerprint density at radius 3 is 2.80 bits per heavy atom. The summed E-state index contributed by atoms with van der Waals surface area (Å²) in [4.78, 5) is 2.46. The van der Waals surface area contributed by atoms with Crippen LogP contribution >= 0.6 is 0 Å². The predicted octanol–water partition coefficient (Wildman–Crippen LogP) is 2.60. The Bertz CT molecular complexity index is 496. The summed E-state index contributed by atoms with van der Waals surface area (Å²) in [5.41, 5.74) is 7.83. The topological polar surface area (TPSA) is 62.3 Å². The fraction of sp³-hybridized carbons (Fsp3) is 0.562. The van der Waals surface area contributed by atoms with E-state index in [1.54, 1.807) is 7.11 Å². The standard InChI is InChI=1S/C16H25N3O/c1-16(2)7-4-8-19(11-16)10-13-9-12(15(17)18)5-6-14(13)20-3/h5-6,9H,4,7-8,10-11H2,1-3H3,(H3,17,18). The minimum Gasteiger partial charge on any atom is -0.496 e.